The molecule has 2 amide bonds. The molecule has 7 nitrogen and oxygen atoms in total. The summed E-state index contributed by atoms with van der Waals surface area (Å²) in [7, 11) is 0. The first-order chi connectivity index (χ1) is 22.2. The molecule has 0 atom stereocenters. The average molecular weight is 612 g/mol. The van der Waals surface area contributed by atoms with Crippen LogP contribution >= 0.6 is 0 Å². The van der Waals surface area contributed by atoms with E-state index in [1.54, 1.807) is 0 Å². The summed E-state index contributed by atoms with van der Waals surface area (Å²) in [6.45, 7) is 9.24. The van der Waals surface area contributed by atoms with Crippen LogP contribution in [0.5, 0.6) is 0 Å². The van der Waals surface area contributed by atoms with E-state index in [-0.39, 0.29) is 17.9 Å². The maximum absolute atomic E-state index is 13.2. The fourth-order valence-corrected chi connectivity index (χ4v) is 6.29. The number of amides is 2. The van der Waals surface area contributed by atoms with Crippen LogP contribution in [0.1, 0.15) is 68.7 Å². The van der Waals surface area contributed by atoms with E-state index in [1.807, 2.05) is 76.2 Å². The molecule has 7 heteroatoms. The fourth-order valence-electron chi connectivity index (χ4n) is 6.29. The Kier molecular flexibility index (Phi) is 8.95. The number of aromatic nitrogens is 2. The van der Waals surface area contributed by atoms with E-state index in [0.717, 1.165) is 91.5 Å². The van der Waals surface area contributed by atoms with E-state index in [1.165, 1.54) is 0 Å². The van der Waals surface area contributed by atoms with E-state index in [4.69, 9.17) is 15.7 Å². The van der Waals surface area contributed by atoms with Crippen LogP contribution in [0.25, 0.3) is 43.6 Å². The highest BCUT2D eigenvalue weighted by Crippen LogP contribution is 2.28. The Hall–Kier alpha value is -4.88. The number of carbonyl (C=O) groups is 2. The lowest BCUT2D eigenvalue weighted by Gasteiger charge is -2.14. The van der Waals surface area contributed by atoms with Crippen LogP contribution in [-0.4, -0.2) is 40.9 Å². The summed E-state index contributed by atoms with van der Waals surface area (Å²) in [5, 5.41) is 10.3. The van der Waals surface area contributed by atoms with Gasteiger partial charge in [-0.3, -0.25) is 9.59 Å². The van der Waals surface area contributed by atoms with Crippen molar-refractivity contribution >= 4 is 55.4 Å². The predicted octanol–water partition coefficient (Wildman–Crippen LogP) is 7.37. The van der Waals surface area contributed by atoms with Gasteiger partial charge >= 0.3 is 0 Å². The fraction of sp³-hybridized carbons (Fsp3) is 0.282. The zero-order chi connectivity index (χ0) is 32.4. The summed E-state index contributed by atoms with van der Waals surface area (Å²) >= 11 is 0. The van der Waals surface area contributed by atoms with Gasteiger partial charge in [0.05, 0.1) is 33.2 Å². The number of pyridine rings is 2. The standard InChI is InChI=1S/C39H41N5O2/c1-23-15-17-30(36-32(23)21-27-11-5-9-25(3)34(27)43-36)38(45)41-19-7-13-29(40)14-8-20-42-39(46)31-18-16-24(2)33-22-28-12-6-10-26(4)35(28)44-37(31)33/h5-6,9-12,15-18,21-22,29H,7-8,13-14,19-20,40H2,1-4H3,(H,41,45)(H,42,46). The van der Waals surface area contributed by atoms with Crippen molar-refractivity contribution < 1.29 is 9.59 Å². The quantitative estimate of drug-likeness (QED) is 0.111. The number of nitrogens with zero attached hydrogens (tertiary/aromatic N) is 2. The van der Waals surface area contributed by atoms with Gasteiger partial charge in [-0.15, -0.1) is 0 Å². The third-order valence-corrected chi connectivity index (χ3v) is 9.02. The zero-order valence-corrected chi connectivity index (χ0v) is 27.0. The van der Waals surface area contributed by atoms with Crippen molar-refractivity contribution in [2.24, 2.45) is 5.73 Å². The number of benzene rings is 4. The summed E-state index contributed by atoms with van der Waals surface area (Å²) in [4.78, 5) is 36.2. The number of aryl methyl sites for hydroxylation is 4. The van der Waals surface area contributed by atoms with Crippen molar-refractivity contribution in [3.8, 4) is 0 Å². The number of nitrogens with two attached hydrogens (primary N) is 1. The molecule has 2 aromatic heterocycles. The number of hydrogen-bond acceptors (Lipinski definition) is 5. The molecule has 0 aliphatic carbocycles. The molecule has 0 saturated heterocycles. The van der Waals surface area contributed by atoms with Crippen LogP contribution in [0, 0.1) is 27.7 Å². The maximum Gasteiger partial charge on any atom is 0.253 e. The summed E-state index contributed by atoms with van der Waals surface area (Å²) in [5.74, 6) is -0.244. The second-order valence-electron chi connectivity index (χ2n) is 12.5. The topological polar surface area (TPSA) is 110 Å². The molecule has 0 aliphatic heterocycles. The highest BCUT2D eigenvalue weighted by molar-refractivity contribution is 6.10. The third kappa shape index (κ3) is 6.28. The first-order valence-electron chi connectivity index (χ1n) is 16.1. The molecular formula is C39H41N5O2. The van der Waals surface area contributed by atoms with E-state index in [2.05, 4.69) is 34.9 Å². The van der Waals surface area contributed by atoms with Crippen LogP contribution in [0.3, 0.4) is 0 Å². The number of nitrogens with one attached hydrogen (secondary N) is 2. The normalized spacial score (nSPS) is 11.6. The molecule has 4 aromatic carbocycles. The maximum atomic E-state index is 13.2. The highest BCUT2D eigenvalue weighted by atomic mass is 16.2. The number of hydrogen-bond donors (Lipinski definition) is 3. The molecule has 6 aromatic rings. The van der Waals surface area contributed by atoms with Gasteiger partial charge in [0.1, 0.15) is 0 Å². The minimum absolute atomic E-state index is 0.0128. The van der Waals surface area contributed by atoms with E-state index in [0.29, 0.717) is 24.2 Å². The molecule has 2 heterocycles. The lowest BCUT2D eigenvalue weighted by molar-refractivity contribution is 0.0947. The summed E-state index contributed by atoms with van der Waals surface area (Å²) in [5.41, 5.74) is 15.2. The summed E-state index contributed by atoms with van der Waals surface area (Å²) in [6, 6.07) is 24.2. The van der Waals surface area contributed by atoms with Crippen molar-refractivity contribution in [3.05, 3.63) is 106 Å². The van der Waals surface area contributed by atoms with E-state index >= 15 is 0 Å². The predicted molar refractivity (Wildman–Crippen MR) is 189 cm³/mol. The van der Waals surface area contributed by atoms with Gasteiger partial charge < -0.3 is 16.4 Å². The Labute approximate surface area is 269 Å². The molecule has 6 rings (SSSR count). The molecule has 0 radical (unpaired) electrons. The summed E-state index contributed by atoms with van der Waals surface area (Å²) < 4.78 is 0. The molecule has 0 aliphatic rings. The van der Waals surface area contributed by atoms with Crippen molar-refractivity contribution in [2.75, 3.05) is 13.1 Å². The van der Waals surface area contributed by atoms with Crippen molar-refractivity contribution in [2.45, 2.75) is 59.4 Å². The largest absolute Gasteiger partial charge is 0.352 e. The van der Waals surface area contributed by atoms with Gasteiger partial charge in [0.15, 0.2) is 0 Å². The Morgan fingerprint density at radius 1 is 0.609 bits per heavy atom. The first-order valence-corrected chi connectivity index (χ1v) is 16.1. The van der Waals surface area contributed by atoms with Gasteiger partial charge in [-0.2, -0.15) is 0 Å². The van der Waals surface area contributed by atoms with Crippen molar-refractivity contribution in [3.63, 3.8) is 0 Å². The molecule has 0 unspecified atom stereocenters. The van der Waals surface area contributed by atoms with Crippen LogP contribution in [-0.2, 0) is 0 Å². The van der Waals surface area contributed by atoms with Gasteiger partial charge in [-0.25, -0.2) is 9.97 Å². The summed E-state index contributed by atoms with van der Waals surface area (Å²) in [6.07, 6.45) is 3.10. The van der Waals surface area contributed by atoms with Crippen LogP contribution < -0.4 is 16.4 Å². The number of para-hydroxylation sites is 2. The molecule has 234 valence electrons. The van der Waals surface area contributed by atoms with Gasteiger partial charge in [-0.05, 0) is 99.9 Å². The highest BCUT2D eigenvalue weighted by Gasteiger charge is 2.16. The van der Waals surface area contributed by atoms with E-state index < -0.39 is 0 Å². The molecule has 0 fully saturated rings. The number of fused-ring (bicyclic) bond motifs is 4. The molecule has 0 spiro atoms. The second-order valence-corrected chi connectivity index (χ2v) is 12.5. The van der Waals surface area contributed by atoms with Gasteiger partial charge in [0.25, 0.3) is 11.8 Å². The van der Waals surface area contributed by atoms with Crippen LogP contribution in [0.15, 0.2) is 72.8 Å². The number of rotatable bonds is 10. The lowest BCUT2D eigenvalue weighted by atomic mass is 10.0. The van der Waals surface area contributed by atoms with E-state index in [9.17, 15) is 9.59 Å². The minimum atomic E-state index is -0.122. The Bertz CT molecular complexity index is 1970. The third-order valence-electron chi connectivity index (χ3n) is 9.02. The molecule has 0 bridgehead atoms. The van der Waals surface area contributed by atoms with Crippen molar-refractivity contribution in [1.82, 2.24) is 20.6 Å². The molecule has 46 heavy (non-hydrogen) atoms. The first kappa shape index (κ1) is 31.1. The molecular weight excluding hydrogens is 570 g/mol. The number of carbonyl (C=O) groups excluding carboxylic acids is 2. The van der Waals surface area contributed by atoms with Crippen LogP contribution in [0.4, 0.5) is 0 Å². The SMILES string of the molecule is Cc1ccc(C(=O)NCCCC(N)CCCNC(=O)c2ccc(C)c3cc4cccc(C)c4nc23)c2nc3c(C)cccc3cc12. The lowest BCUT2D eigenvalue weighted by Crippen LogP contribution is -2.29. The Balaban J connectivity index is 0.993. The second kappa shape index (κ2) is 13.2. The van der Waals surface area contributed by atoms with Gasteiger partial charge in [0, 0.05) is 40.7 Å². The van der Waals surface area contributed by atoms with Gasteiger partial charge in [-0.1, -0.05) is 48.5 Å². The average Bonchev–Trinajstić information content (AvgIpc) is 3.05. The monoisotopic (exact) mass is 611 g/mol. The smallest absolute Gasteiger partial charge is 0.253 e. The molecule has 4 N–H and O–H groups in total. The zero-order valence-electron chi connectivity index (χ0n) is 27.0. The van der Waals surface area contributed by atoms with Crippen molar-refractivity contribution in [1.29, 1.82) is 0 Å². The Morgan fingerprint density at radius 3 is 1.48 bits per heavy atom. The minimum Gasteiger partial charge on any atom is -0.352 e. The van der Waals surface area contributed by atoms with Gasteiger partial charge in [0.2, 0.25) is 0 Å². The Morgan fingerprint density at radius 2 is 1.04 bits per heavy atom. The van der Waals surface area contributed by atoms with Crippen LogP contribution in [0.2, 0.25) is 0 Å². The molecule has 0 saturated carbocycles.